The van der Waals surface area contributed by atoms with Crippen LogP contribution in [0.3, 0.4) is 0 Å². The molecule has 0 bridgehead atoms. The Hall–Kier alpha value is -0.840. The Morgan fingerprint density at radius 3 is 2.45 bits per heavy atom. The summed E-state index contributed by atoms with van der Waals surface area (Å²) in [6.07, 6.45) is 0.928. The van der Waals surface area contributed by atoms with E-state index in [4.69, 9.17) is 5.11 Å². The number of alkyl halides is 1. The molecule has 0 heterocycles. The number of carbonyl (C=O) groups excluding carboxylic acids is 1. The number of aliphatic carboxylic acids is 1. The molecule has 62 valence electrons. The summed E-state index contributed by atoms with van der Waals surface area (Å²) in [6, 6.07) is 0. The van der Waals surface area contributed by atoms with Gasteiger partial charge in [-0.15, -0.1) is 0 Å². The van der Waals surface area contributed by atoms with Crippen LogP contribution in [0.2, 0.25) is 0 Å². The third-order valence-corrected chi connectivity index (χ3v) is 1.45. The number of allylic oxidation sites excluding steroid dienone is 1. The number of ether oxygens (including phenoxy) is 1. The molecule has 0 unspecified atom stereocenters. The average Bonchev–Trinajstić information content (AvgIpc) is 1.99. The van der Waals surface area contributed by atoms with Crippen molar-refractivity contribution in [3.63, 3.8) is 0 Å². The van der Waals surface area contributed by atoms with Crippen LogP contribution < -0.4 is 0 Å². The van der Waals surface area contributed by atoms with Crippen LogP contribution in [0.1, 0.15) is 0 Å². The van der Waals surface area contributed by atoms with Crippen molar-refractivity contribution in [3.05, 3.63) is 11.8 Å². The maximum absolute atomic E-state index is 10.5. The van der Waals surface area contributed by atoms with Gasteiger partial charge in [0, 0.05) is 6.08 Å². The first-order valence-electron chi connectivity index (χ1n) is 2.69. The number of carboxylic acid groups (broad SMARTS) is 1. The number of methoxy groups -OCH3 is 1. The van der Waals surface area contributed by atoms with Crippen molar-refractivity contribution in [2.45, 2.75) is 0 Å². The fraction of sp³-hybridized carbons (Fsp3) is 0.333. The zero-order valence-corrected chi connectivity index (χ0v) is 7.42. The highest BCUT2D eigenvalue weighted by Crippen LogP contribution is 1.99. The summed E-state index contributed by atoms with van der Waals surface area (Å²) in [5.41, 5.74) is 0. The highest BCUT2D eigenvalue weighted by atomic mass is 79.9. The molecule has 0 radical (unpaired) electrons. The van der Waals surface area contributed by atoms with Crippen LogP contribution in [0.5, 0.6) is 0 Å². The van der Waals surface area contributed by atoms with Gasteiger partial charge in [0.1, 0.15) is 5.76 Å². The molecule has 4 nitrogen and oxygen atoms in total. The van der Waals surface area contributed by atoms with Crippen LogP contribution in [-0.2, 0) is 14.3 Å². The molecular weight excluding hydrogens is 216 g/mol. The highest BCUT2D eigenvalue weighted by molar-refractivity contribution is 9.09. The predicted octanol–water partition coefficient (Wildman–Crippen LogP) is 0.565. The van der Waals surface area contributed by atoms with E-state index in [2.05, 4.69) is 20.7 Å². The van der Waals surface area contributed by atoms with E-state index >= 15 is 0 Å². The zero-order chi connectivity index (χ0) is 8.85. The largest absolute Gasteiger partial charge is 0.500 e. The lowest BCUT2D eigenvalue weighted by Crippen LogP contribution is -2.10. The minimum Gasteiger partial charge on any atom is -0.500 e. The molecule has 0 aromatic rings. The second-order valence-corrected chi connectivity index (χ2v) is 2.18. The Labute approximate surface area is 72.0 Å². The molecule has 5 heteroatoms. The maximum Gasteiger partial charge on any atom is 0.376 e. The molecule has 11 heavy (non-hydrogen) atoms. The van der Waals surface area contributed by atoms with Crippen LogP contribution >= 0.6 is 15.9 Å². The molecule has 0 fully saturated rings. The van der Waals surface area contributed by atoms with Crippen molar-refractivity contribution in [1.82, 2.24) is 0 Å². The smallest absolute Gasteiger partial charge is 0.376 e. The molecule has 0 aliphatic carbocycles. The zero-order valence-electron chi connectivity index (χ0n) is 5.83. The quantitative estimate of drug-likeness (QED) is 0.327. The van der Waals surface area contributed by atoms with Crippen LogP contribution in [-0.4, -0.2) is 29.3 Å². The molecule has 0 atom stereocenters. The summed E-state index contributed by atoms with van der Waals surface area (Å²) in [5, 5.41) is 8.48. The number of carboxylic acids is 1. The Morgan fingerprint density at radius 2 is 2.18 bits per heavy atom. The number of halogens is 1. The molecular formula is C6H7BrO4. The lowest BCUT2D eigenvalue weighted by Gasteiger charge is -1.98. The topological polar surface area (TPSA) is 63.6 Å². The molecule has 0 aliphatic rings. The summed E-state index contributed by atoms with van der Waals surface area (Å²) >= 11 is 3.02. The summed E-state index contributed by atoms with van der Waals surface area (Å²) in [4.78, 5) is 20.5. The van der Waals surface area contributed by atoms with E-state index in [1.165, 1.54) is 7.11 Å². The van der Waals surface area contributed by atoms with Gasteiger partial charge in [-0.25, -0.2) is 4.79 Å². The van der Waals surface area contributed by atoms with E-state index in [-0.39, 0.29) is 5.76 Å². The van der Waals surface area contributed by atoms with Crippen LogP contribution in [0, 0.1) is 0 Å². The number of rotatable bonds is 4. The predicted molar refractivity (Wildman–Crippen MR) is 41.5 cm³/mol. The molecule has 0 saturated heterocycles. The third kappa shape index (κ3) is 3.77. The average molecular weight is 223 g/mol. The molecule has 0 spiro atoms. The fourth-order valence-corrected chi connectivity index (χ4v) is 0.751. The van der Waals surface area contributed by atoms with E-state index in [0.29, 0.717) is 5.33 Å². The van der Waals surface area contributed by atoms with Gasteiger partial charge in [0.25, 0.3) is 5.78 Å². The van der Waals surface area contributed by atoms with Gasteiger partial charge < -0.3 is 9.84 Å². The number of hydrogen-bond acceptors (Lipinski definition) is 3. The standard InChI is InChI=1S/C6H7BrO4/c1-11-4(3-7)2-5(8)6(9)10/h2H,3H2,1H3,(H,9,10)/b4-2+. The van der Waals surface area contributed by atoms with Gasteiger partial charge in [-0.1, -0.05) is 15.9 Å². The normalized spacial score (nSPS) is 10.9. The second kappa shape index (κ2) is 4.90. The summed E-state index contributed by atoms with van der Waals surface area (Å²) in [5.74, 6) is -2.18. The van der Waals surface area contributed by atoms with Crippen LogP contribution in [0.15, 0.2) is 11.8 Å². The van der Waals surface area contributed by atoms with Gasteiger partial charge in [-0.3, -0.25) is 4.79 Å². The first kappa shape index (κ1) is 10.2. The first-order valence-corrected chi connectivity index (χ1v) is 3.81. The van der Waals surface area contributed by atoms with Gasteiger partial charge in [0.2, 0.25) is 0 Å². The molecule has 0 amide bonds. The monoisotopic (exact) mass is 222 g/mol. The highest BCUT2D eigenvalue weighted by Gasteiger charge is 2.08. The minimum absolute atomic E-state index is 0.289. The van der Waals surface area contributed by atoms with Gasteiger partial charge in [0.05, 0.1) is 12.4 Å². The lowest BCUT2D eigenvalue weighted by molar-refractivity contribution is -0.146. The van der Waals surface area contributed by atoms with E-state index in [1.54, 1.807) is 0 Å². The molecule has 0 rings (SSSR count). The Morgan fingerprint density at radius 1 is 1.64 bits per heavy atom. The van der Waals surface area contributed by atoms with Crippen molar-refractivity contribution in [1.29, 1.82) is 0 Å². The maximum atomic E-state index is 10.5. The van der Waals surface area contributed by atoms with E-state index in [1.807, 2.05) is 0 Å². The van der Waals surface area contributed by atoms with Crippen LogP contribution in [0.4, 0.5) is 0 Å². The number of carbonyl (C=O) groups is 2. The van der Waals surface area contributed by atoms with E-state index in [9.17, 15) is 9.59 Å². The molecule has 1 N–H and O–H groups in total. The van der Waals surface area contributed by atoms with Gasteiger partial charge in [0.15, 0.2) is 0 Å². The first-order chi connectivity index (χ1) is 5.11. The van der Waals surface area contributed by atoms with Crippen molar-refractivity contribution in [2.24, 2.45) is 0 Å². The minimum atomic E-state index is -1.49. The second-order valence-electron chi connectivity index (χ2n) is 1.62. The fourth-order valence-electron chi connectivity index (χ4n) is 0.360. The summed E-state index contributed by atoms with van der Waals surface area (Å²) < 4.78 is 4.65. The molecule has 0 saturated carbocycles. The van der Waals surface area contributed by atoms with Gasteiger partial charge in [-0.05, 0) is 0 Å². The molecule has 0 aromatic carbocycles. The van der Waals surface area contributed by atoms with Crippen molar-refractivity contribution in [2.75, 3.05) is 12.4 Å². The van der Waals surface area contributed by atoms with E-state index < -0.39 is 11.8 Å². The lowest BCUT2D eigenvalue weighted by atomic mass is 10.3. The summed E-state index contributed by atoms with van der Waals surface area (Å²) in [7, 11) is 1.36. The Bertz CT molecular complexity index is 191. The van der Waals surface area contributed by atoms with Gasteiger partial charge >= 0.3 is 5.97 Å². The van der Waals surface area contributed by atoms with E-state index in [0.717, 1.165) is 6.08 Å². The Balaban J connectivity index is 4.27. The molecule has 0 aromatic heterocycles. The Kier molecular flexibility index (Phi) is 4.52. The van der Waals surface area contributed by atoms with Crippen molar-refractivity contribution in [3.8, 4) is 0 Å². The number of hydrogen-bond donors (Lipinski definition) is 1. The van der Waals surface area contributed by atoms with Crippen LogP contribution in [0.25, 0.3) is 0 Å². The number of ketones is 1. The van der Waals surface area contributed by atoms with Crippen molar-refractivity contribution >= 4 is 27.7 Å². The summed E-state index contributed by atoms with van der Waals surface area (Å²) in [6.45, 7) is 0. The van der Waals surface area contributed by atoms with Gasteiger partial charge in [-0.2, -0.15) is 0 Å². The van der Waals surface area contributed by atoms with Crippen molar-refractivity contribution < 1.29 is 19.4 Å². The SMILES string of the molecule is CO/C(=C/C(=O)C(=O)O)CBr. The third-order valence-electron chi connectivity index (χ3n) is 0.897. The molecule has 0 aliphatic heterocycles.